The third-order valence-corrected chi connectivity index (χ3v) is 6.44. The van der Waals surface area contributed by atoms with Crippen LogP contribution in [0, 0.1) is 0 Å². The molecule has 1 unspecified atom stereocenters. The lowest BCUT2D eigenvalue weighted by Crippen LogP contribution is -2.62. The number of carbonyl (C=O) groups excluding carboxylic acids is 2. The van der Waals surface area contributed by atoms with E-state index in [4.69, 9.17) is 9.47 Å². The minimum Gasteiger partial charge on any atom is -0.480 e. The van der Waals surface area contributed by atoms with Gasteiger partial charge in [0.1, 0.15) is 18.2 Å². The summed E-state index contributed by atoms with van der Waals surface area (Å²) in [5.41, 5.74) is 2.28. The van der Waals surface area contributed by atoms with Gasteiger partial charge in [-0.25, -0.2) is 18.4 Å². The number of hydrogen-bond acceptors (Lipinski definition) is 5. The highest BCUT2D eigenvalue weighted by Gasteiger charge is 2.54. The Morgan fingerprint density at radius 1 is 1.11 bits per heavy atom. The second-order valence-electron chi connectivity index (χ2n) is 9.06. The second kappa shape index (κ2) is 9.26. The molecule has 1 saturated heterocycles. The van der Waals surface area contributed by atoms with Gasteiger partial charge in [-0.3, -0.25) is 4.79 Å². The fourth-order valence-electron chi connectivity index (χ4n) is 4.87. The molecule has 8 nitrogen and oxygen atoms in total. The van der Waals surface area contributed by atoms with Crippen molar-refractivity contribution < 1.29 is 37.7 Å². The van der Waals surface area contributed by atoms with Gasteiger partial charge in [0.15, 0.2) is 0 Å². The van der Waals surface area contributed by atoms with Gasteiger partial charge in [0, 0.05) is 19.4 Å². The molecule has 2 aromatic carbocycles. The van der Waals surface area contributed by atoms with Crippen molar-refractivity contribution in [2.75, 3.05) is 26.9 Å². The Labute approximate surface area is 200 Å². The number of alkyl halides is 2. The number of aliphatic carboxylic acids is 1. The first-order valence-corrected chi connectivity index (χ1v) is 11.1. The van der Waals surface area contributed by atoms with Crippen molar-refractivity contribution >= 4 is 18.0 Å². The molecule has 1 aliphatic heterocycles. The molecule has 1 fully saturated rings. The van der Waals surface area contributed by atoms with Crippen LogP contribution in [0.5, 0.6) is 0 Å². The van der Waals surface area contributed by atoms with Crippen LogP contribution in [-0.4, -0.2) is 72.3 Å². The number of carboxylic acids is 1. The minimum absolute atomic E-state index is 0.0172. The number of carbonyl (C=O) groups is 3. The first kappa shape index (κ1) is 24.6. The SMILES string of the molecule is COCC(C)(NC(=O)OCC1c2ccccc2-c2ccccc21)C(=O)N1CC(F)(F)C[C@H]1C(=O)O. The molecule has 0 radical (unpaired) electrons. The zero-order chi connectivity index (χ0) is 25.4. The highest BCUT2D eigenvalue weighted by Crippen LogP contribution is 2.44. The summed E-state index contributed by atoms with van der Waals surface area (Å²) in [5.74, 6) is -6.10. The number of amides is 2. The molecule has 2 amide bonds. The maximum absolute atomic E-state index is 13.9. The normalized spacial score (nSPS) is 20.0. The number of methoxy groups -OCH3 is 1. The van der Waals surface area contributed by atoms with E-state index in [0.717, 1.165) is 22.3 Å². The third-order valence-electron chi connectivity index (χ3n) is 6.44. The number of ether oxygens (including phenoxy) is 2. The predicted octanol–water partition coefficient (Wildman–Crippen LogP) is 3.25. The van der Waals surface area contributed by atoms with E-state index in [2.05, 4.69) is 5.32 Å². The van der Waals surface area contributed by atoms with E-state index in [9.17, 15) is 28.3 Å². The Bertz CT molecular complexity index is 1110. The quantitative estimate of drug-likeness (QED) is 0.620. The number of hydrogen-bond donors (Lipinski definition) is 2. The molecule has 2 aromatic rings. The highest BCUT2D eigenvalue weighted by molar-refractivity contribution is 5.93. The number of fused-ring (bicyclic) bond motifs is 3. The topological polar surface area (TPSA) is 105 Å². The number of rotatable bonds is 7. The molecule has 1 aliphatic carbocycles. The third kappa shape index (κ3) is 4.70. The zero-order valence-electron chi connectivity index (χ0n) is 19.3. The molecule has 10 heteroatoms. The number of nitrogens with one attached hydrogen (secondary N) is 1. The molecule has 0 aromatic heterocycles. The number of benzene rings is 2. The lowest BCUT2D eigenvalue weighted by Gasteiger charge is -2.34. The van der Waals surface area contributed by atoms with Crippen LogP contribution in [0.2, 0.25) is 0 Å². The van der Waals surface area contributed by atoms with Crippen LogP contribution < -0.4 is 5.32 Å². The summed E-state index contributed by atoms with van der Waals surface area (Å²) >= 11 is 0. The van der Waals surface area contributed by atoms with Crippen LogP contribution in [-0.2, 0) is 19.1 Å². The van der Waals surface area contributed by atoms with Gasteiger partial charge in [-0.1, -0.05) is 48.5 Å². The van der Waals surface area contributed by atoms with Crippen molar-refractivity contribution in [3.63, 3.8) is 0 Å². The standard InChI is InChI=1S/C25H26F2N2O6/c1-24(14-34-2,22(32)29-13-25(26,27)11-20(29)21(30)31)28-23(33)35-12-19-17-9-5-3-7-15(17)16-8-4-6-10-18(16)19/h3-10,19-20H,11-14H2,1-2H3,(H,28,33)(H,30,31)/t20-,24?/m0/s1. The summed E-state index contributed by atoms with van der Waals surface area (Å²) < 4.78 is 38.4. The zero-order valence-corrected chi connectivity index (χ0v) is 19.3. The monoisotopic (exact) mass is 488 g/mol. The predicted molar refractivity (Wildman–Crippen MR) is 121 cm³/mol. The molecule has 0 spiro atoms. The first-order valence-electron chi connectivity index (χ1n) is 11.1. The van der Waals surface area contributed by atoms with Crippen LogP contribution in [0.15, 0.2) is 48.5 Å². The summed E-state index contributed by atoms with van der Waals surface area (Å²) in [6.07, 6.45) is -1.94. The van der Waals surface area contributed by atoms with Gasteiger partial charge in [-0.2, -0.15) is 0 Å². The first-order chi connectivity index (χ1) is 16.6. The number of halogens is 2. The Morgan fingerprint density at radius 3 is 2.23 bits per heavy atom. The van der Waals surface area contributed by atoms with Crippen molar-refractivity contribution in [2.24, 2.45) is 0 Å². The molecule has 2 atom stereocenters. The Hall–Kier alpha value is -3.53. The average Bonchev–Trinajstić information content (AvgIpc) is 3.31. The van der Waals surface area contributed by atoms with E-state index in [0.29, 0.717) is 4.90 Å². The highest BCUT2D eigenvalue weighted by atomic mass is 19.3. The number of carboxylic acid groups (broad SMARTS) is 1. The van der Waals surface area contributed by atoms with E-state index in [1.54, 1.807) is 0 Å². The number of likely N-dealkylation sites (tertiary alicyclic amines) is 1. The molecule has 2 aliphatic rings. The fourth-order valence-corrected chi connectivity index (χ4v) is 4.87. The Morgan fingerprint density at radius 2 is 1.69 bits per heavy atom. The largest absolute Gasteiger partial charge is 0.480 e. The van der Waals surface area contributed by atoms with E-state index in [-0.39, 0.29) is 19.1 Å². The van der Waals surface area contributed by atoms with E-state index in [1.807, 2.05) is 48.5 Å². The molecule has 186 valence electrons. The van der Waals surface area contributed by atoms with Gasteiger partial charge in [-0.15, -0.1) is 0 Å². The lowest BCUT2D eigenvalue weighted by atomic mass is 9.98. The number of alkyl carbamates (subject to hydrolysis) is 1. The van der Waals surface area contributed by atoms with Crippen LogP contribution in [0.3, 0.4) is 0 Å². The van der Waals surface area contributed by atoms with Gasteiger partial charge >= 0.3 is 12.1 Å². The maximum atomic E-state index is 13.9. The maximum Gasteiger partial charge on any atom is 0.408 e. The van der Waals surface area contributed by atoms with Crippen LogP contribution in [0.4, 0.5) is 13.6 Å². The molecule has 1 heterocycles. The van der Waals surface area contributed by atoms with E-state index in [1.165, 1.54) is 14.0 Å². The van der Waals surface area contributed by atoms with Crippen molar-refractivity contribution in [2.45, 2.75) is 36.8 Å². The molecular formula is C25H26F2N2O6. The Kier molecular flexibility index (Phi) is 6.50. The molecule has 0 saturated carbocycles. The Balaban J connectivity index is 1.49. The van der Waals surface area contributed by atoms with Crippen molar-refractivity contribution in [1.29, 1.82) is 0 Å². The summed E-state index contributed by atoms with van der Waals surface area (Å²) in [6.45, 7) is -0.162. The summed E-state index contributed by atoms with van der Waals surface area (Å²) in [4.78, 5) is 38.0. The molecule has 35 heavy (non-hydrogen) atoms. The average molecular weight is 488 g/mol. The molecular weight excluding hydrogens is 462 g/mol. The van der Waals surface area contributed by atoms with E-state index >= 15 is 0 Å². The number of nitrogens with zero attached hydrogens (tertiary/aromatic N) is 1. The summed E-state index contributed by atoms with van der Waals surface area (Å²) in [6, 6.07) is 13.9. The van der Waals surface area contributed by atoms with Crippen molar-refractivity contribution in [3.8, 4) is 11.1 Å². The van der Waals surface area contributed by atoms with Crippen LogP contribution in [0.1, 0.15) is 30.4 Å². The van der Waals surface area contributed by atoms with Gasteiger partial charge in [0.25, 0.3) is 11.8 Å². The van der Waals surface area contributed by atoms with Gasteiger partial charge in [0.05, 0.1) is 13.2 Å². The van der Waals surface area contributed by atoms with Gasteiger partial charge < -0.3 is 24.8 Å². The summed E-state index contributed by atoms with van der Waals surface area (Å²) in [5, 5.41) is 11.8. The smallest absolute Gasteiger partial charge is 0.408 e. The summed E-state index contributed by atoms with van der Waals surface area (Å²) in [7, 11) is 1.28. The molecule has 4 rings (SSSR count). The van der Waals surface area contributed by atoms with Gasteiger partial charge in [-0.05, 0) is 29.2 Å². The van der Waals surface area contributed by atoms with Crippen molar-refractivity contribution in [3.05, 3.63) is 59.7 Å². The fraction of sp³-hybridized carbons (Fsp3) is 0.400. The van der Waals surface area contributed by atoms with Gasteiger partial charge in [0.2, 0.25) is 0 Å². The second-order valence-corrected chi connectivity index (χ2v) is 9.06. The van der Waals surface area contributed by atoms with E-state index < -0.39 is 48.4 Å². The minimum atomic E-state index is -3.35. The molecule has 0 bridgehead atoms. The van der Waals surface area contributed by atoms with Crippen molar-refractivity contribution in [1.82, 2.24) is 10.2 Å². The lowest BCUT2D eigenvalue weighted by molar-refractivity contribution is -0.151. The van der Waals surface area contributed by atoms with Crippen LogP contribution >= 0.6 is 0 Å². The van der Waals surface area contributed by atoms with Crippen LogP contribution in [0.25, 0.3) is 11.1 Å². The molecule has 2 N–H and O–H groups in total.